The molecule has 0 amide bonds. The first kappa shape index (κ1) is 13.1. The SMILES string of the molecule is O=S1(=O)CCC(Cc2nc3n(n2)C(CO)CCC3)C1. The van der Waals surface area contributed by atoms with E-state index in [1.807, 2.05) is 4.68 Å². The van der Waals surface area contributed by atoms with Crippen LogP contribution in [0, 0.1) is 5.92 Å². The Balaban J connectivity index is 1.75. The van der Waals surface area contributed by atoms with E-state index in [1.54, 1.807) is 0 Å². The van der Waals surface area contributed by atoms with E-state index in [2.05, 4.69) is 10.1 Å². The standard InChI is InChI=1S/C12H19N3O3S/c16-7-10-2-1-3-12-13-11(14-15(10)12)6-9-4-5-19(17,18)8-9/h9-10,16H,1-8H2. The summed E-state index contributed by atoms with van der Waals surface area (Å²) >= 11 is 0. The minimum atomic E-state index is -2.84. The van der Waals surface area contributed by atoms with Gasteiger partial charge >= 0.3 is 0 Å². The number of aryl methyl sites for hydroxylation is 1. The molecule has 0 bridgehead atoms. The molecule has 1 saturated heterocycles. The van der Waals surface area contributed by atoms with Gasteiger partial charge in [0.25, 0.3) is 0 Å². The van der Waals surface area contributed by atoms with Crippen molar-refractivity contribution < 1.29 is 13.5 Å². The van der Waals surface area contributed by atoms with Gasteiger partial charge in [-0.2, -0.15) is 5.10 Å². The number of aliphatic hydroxyl groups excluding tert-OH is 1. The van der Waals surface area contributed by atoms with Gasteiger partial charge in [-0.1, -0.05) is 0 Å². The Morgan fingerprint density at radius 2 is 2.21 bits per heavy atom. The van der Waals surface area contributed by atoms with Crippen LogP contribution in [0.3, 0.4) is 0 Å². The van der Waals surface area contributed by atoms with Gasteiger partial charge in [-0.3, -0.25) is 0 Å². The predicted octanol–water partition coefficient (Wildman–Crippen LogP) is 0.125. The van der Waals surface area contributed by atoms with Crippen molar-refractivity contribution in [3.05, 3.63) is 11.6 Å². The van der Waals surface area contributed by atoms with Crippen LogP contribution >= 0.6 is 0 Å². The molecule has 0 saturated carbocycles. The lowest BCUT2D eigenvalue weighted by molar-refractivity contribution is 0.194. The van der Waals surface area contributed by atoms with Crippen LogP contribution in [0.15, 0.2) is 0 Å². The Labute approximate surface area is 112 Å². The highest BCUT2D eigenvalue weighted by Gasteiger charge is 2.30. The third kappa shape index (κ3) is 2.67. The van der Waals surface area contributed by atoms with Crippen LogP contribution in [-0.2, 0) is 22.7 Å². The summed E-state index contributed by atoms with van der Waals surface area (Å²) in [5.74, 6) is 2.38. The van der Waals surface area contributed by atoms with E-state index in [0.29, 0.717) is 12.2 Å². The van der Waals surface area contributed by atoms with E-state index in [0.717, 1.165) is 37.3 Å². The molecule has 19 heavy (non-hydrogen) atoms. The molecule has 0 radical (unpaired) electrons. The molecule has 7 heteroatoms. The van der Waals surface area contributed by atoms with Crippen molar-refractivity contribution in [3.8, 4) is 0 Å². The molecule has 2 aliphatic heterocycles. The first-order valence-corrected chi connectivity index (χ1v) is 8.65. The normalized spacial score (nSPS) is 29.3. The summed E-state index contributed by atoms with van der Waals surface area (Å²) in [5.41, 5.74) is 0. The topological polar surface area (TPSA) is 85.1 Å². The molecule has 2 atom stereocenters. The average Bonchev–Trinajstić information content (AvgIpc) is 2.91. The van der Waals surface area contributed by atoms with E-state index >= 15 is 0 Å². The molecule has 1 fully saturated rings. The zero-order chi connectivity index (χ0) is 13.5. The van der Waals surface area contributed by atoms with Gasteiger partial charge in [-0.05, 0) is 25.2 Å². The van der Waals surface area contributed by atoms with Gasteiger partial charge in [-0.25, -0.2) is 18.1 Å². The molecule has 1 N–H and O–H groups in total. The Bertz CT molecular complexity index is 567. The summed E-state index contributed by atoms with van der Waals surface area (Å²) in [6.45, 7) is 0.0909. The Kier molecular flexibility index (Phi) is 3.34. The minimum Gasteiger partial charge on any atom is -0.394 e. The van der Waals surface area contributed by atoms with Crippen LogP contribution in [-0.4, -0.2) is 46.4 Å². The van der Waals surface area contributed by atoms with Crippen LogP contribution in [0.25, 0.3) is 0 Å². The van der Waals surface area contributed by atoms with Gasteiger partial charge in [0.15, 0.2) is 15.7 Å². The highest BCUT2D eigenvalue weighted by Crippen LogP contribution is 2.25. The Morgan fingerprint density at radius 3 is 2.89 bits per heavy atom. The number of hydrogen-bond donors (Lipinski definition) is 1. The molecule has 6 nitrogen and oxygen atoms in total. The molecule has 2 unspecified atom stereocenters. The van der Waals surface area contributed by atoms with Crippen LogP contribution in [0.5, 0.6) is 0 Å². The number of rotatable bonds is 3. The maximum atomic E-state index is 11.4. The monoisotopic (exact) mass is 285 g/mol. The van der Waals surface area contributed by atoms with Gasteiger partial charge in [-0.15, -0.1) is 0 Å². The summed E-state index contributed by atoms with van der Waals surface area (Å²) in [5, 5.41) is 13.8. The first-order chi connectivity index (χ1) is 9.07. The summed E-state index contributed by atoms with van der Waals surface area (Å²) < 4.78 is 24.7. The zero-order valence-corrected chi connectivity index (χ0v) is 11.6. The van der Waals surface area contributed by atoms with Crippen molar-refractivity contribution in [1.29, 1.82) is 0 Å². The highest BCUT2D eigenvalue weighted by molar-refractivity contribution is 7.91. The number of hydrogen-bond acceptors (Lipinski definition) is 5. The second kappa shape index (κ2) is 4.86. The predicted molar refractivity (Wildman–Crippen MR) is 69.5 cm³/mol. The van der Waals surface area contributed by atoms with Crippen molar-refractivity contribution in [3.63, 3.8) is 0 Å². The molecule has 1 aromatic rings. The van der Waals surface area contributed by atoms with E-state index < -0.39 is 9.84 Å². The number of fused-ring (bicyclic) bond motifs is 1. The van der Waals surface area contributed by atoms with E-state index in [1.165, 1.54) is 0 Å². The van der Waals surface area contributed by atoms with Crippen molar-refractivity contribution in [2.45, 2.75) is 38.1 Å². The van der Waals surface area contributed by atoms with Gasteiger partial charge in [0.05, 0.1) is 24.2 Å². The van der Waals surface area contributed by atoms with Crippen molar-refractivity contribution in [2.24, 2.45) is 5.92 Å². The molecule has 106 valence electrons. The fourth-order valence-electron chi connectivity index (χ4n) is 3.03. The third-order valence-electron chi connectivity index (χ3n) is 4.04. The Hall–Kier alpha value is -0.950. The second-order valence-electron chi connectivity index (χ2n) is 5.59. The number of nitrogens with zero attached hydrogens (tertiary/aromatic N) is 3. The lowest BCUT2D eigenvalue weighted by atomic mass is 10.1. The van der Waals surface area contributed by atoms with Gasteiger partial charge in [0.1, 0.15) is 5.82 Å². The van der Waals surface area contributed by atoms with Crippen molar-refractivity contribution in [1.82, 2.24) is 14.8 Å². The quantitative estimate of drug-likeness (QED) is 0.853. The summed E-state index contributed by atoms with van der Waals surface area (Å²) in [6.07, 6.45) is 4.21. The molecule has 3 rings (SSSR count). The molecule has 0 aliphatic carbocycles. The van der Waals surface area contributed by atoms with Crippen LogP contribution in [0.2, 0.25) is 0 Å². The van der Waals surface area contributed by atoms with Crippen LogP contribution in [0.1, 0.15) is 37.0 Å². The maximum Gasteiger partial charge on any atom is 0.151 e. The lowest BCUT2D eigenvalue weighted by Gasteiger charge is -2.20. The molecule has 3 heterocycles. The molecule has 1 aromatic heterocycles. The Morgan fingerprint density at radius 1 is 1.37 bits per heavy atom. The average molecular weight is 285 g/mol. The summed E-state index contributed by atoms with van der Waals surface area (Å²) in [4.78, 5) is 4.51. The smallest absolute Gasteiger partial charge is 0.151 e. The zero-order valence-electron chi connectivity index (χ0n) is 10.8. The van der Waals surface area contributed by atoms with Crippen molar-refractivity contribution >= 4 is 9.84 Å². The number of sulfone groups is 1. The minimum absolute atomic E-state index is 0.0392. The third-order valence-corrected chi connectivity index (χ3v) is 5.88. The maximum absolute atomic E-state index is 11.4. The van der Waals surface area contributed by atoms with Gasteiger partial charge < -0.3 is 5.11 Å². The largest absolute Gasteiger partial charge is 0.394 e. The first-order valence-electron chi connectivity index (χ1n) is 6.83. The fourth-order valence-corrected chi connectivity index (χ4v) is 4.89. The van der Waals surface area contributed by atoms with Gasteiger partial charge in [0, 0.05) is 12.8 Å². The van der Waals surface area contributed by atoms with Crippen LogP contribution in [0.4, 0.5) is 0 Å². The van der Waals surface area contributed by atoms with Gasteiger partial charge in [0.2, 0.25) is 0 Å². The molecular formula is C12H19N3O3S. The molecule has 2 aliphatic rings. The summed E-state index contributed by atoms with van der Waals surface area (Å²) in [6, 6.07) is 0.0392. The fraction of sp³-hybridized carbons (Fsp3) is 0.833. The highest BCUT2D eigenvalue weighted by atomic mass is 32.2. The number of aliphatic hydroxyl groups is 1. The van der Waals surface area contributed by atoms with Crippen molar-refractivity contribution in [2.75, 3.05) is 18.1 Å². The summed E-state index contributed by atoms with van der Waals surface area (Å²) in [7, 11) is -2.84. The van der Waals surface area contributed by atoms with E-state index in [9.17, 15) is 13.5 Å². The molecule has 0 spiro atoms. The molecular weight excluding hydrogens is 266 g/mol. The lowest BCUT2D eigenvalue weighted by Crippen LogP contribution is -2.22. The second-order valence-corrected chi connectivity index (χ2v) is 7.82. The van der Waals surface area contributed by atoms with E-state index in [-0.39, 0.29) is 24.3 Å². The number of aromatic nitrogens is 3. The van der Waals surface area contributed by atoms with Crippen LogP contribution < -0.4 is 0 Å². The molecule has 0 aromatic carbocycles. The van der Waals surface area contributed by atoms with E-state index in [4.69, 9.17) is 0 Å².